The molecule has 0 radical (unpaired) electrons. The van der Waals surface area contributed by atoms with E-state index in [0.29, 0.717) is 17.7 Å². The number of hydrogen-bond acceptors (Lipinski definition) is 4. The lowest BCUT2D eigenvalue weighted by Gasteiger charge is -1.94. The number of aliphatic hydroxyl groups excluding tert-OH is 1. The number of nitrogens with one attached hydrogen (secondary N) is 1. The Labute approximate surface area is 84.6 Å². The Balaban J connectivity index is 2.45. The van der Waals surface area contributed by atoms with Crippen LogP contribution in [0.2, 0.25) is 0 Å². The second-order valence-electron chi connectivity index (χ2n) is 2.79. The van der Waals surface area contributed by atoms with E-state index in [2.05, 4.69) is 26.8 Å². The van der Waals surface area contributed by atoms with E-state index >= 15 is 0 Å². The number of nitrogens with zero attached hydrogens (tertiary/aromatic N) is 3. The standard InChI is InChI=1S/C9H8N4O2/c14-4-2-1-3-13-6-12-7-8(13)10-5-11-9(7)15/h5-6,14H,3-4H2,(H,10,11,15). The lowest BCUT2D eigenvalue weighted by atomic mass is 10.5. The second-order valence-corrected chi connectivity index (χ2v) is 2.79. The fraction of sp³-hybridized carbons (Fsp3) is 0.222. The molecular formula is C9H8N4O2. The Morgan fingerprint density at radius 1 is 1.47 bits per heavy atom. The van der Waals surface area contributed by atoms with Crippen molar-refractivity contribution >= 4 is 11.2 Å². The molecule has 0 bridgehead atoms. The Morgan fingerprint density at radius 2 is 2.33 bits per heavy atom. The highest BCUT2D eigenvalue weighted by Crippen LogP contribution is 2.02. The Morgan fingerprint density at radius 3 is 3.13 bits per heavy atom. The van der Waals surface area contributed by atoms with Gasteiger partial charge in [-0.05, 0) is 0 Å². The topological polar surface area (TPSA) is 83.8 Å². The molecular weight excluding hydrogens is 196 g/mol. The minimum Gasteiger partial charge on any atom is -0.384 e. The molecule has 0 unspecified atom stereocenters. The normalized spacial score (nSPS) is 9.93. The van der Waals surface area contributed by atoms with E-state index in [1.54, 1.807) is 4.57 Å². The Hall–Kier alpha value is -2.13. The van der Waals surface area contributed by atoms with Crippen LogP contribution >= 0.6 is 0 Å². The smallest absolute Gasteiger partial charge is 0.278 e. The number of H-pyrrole nitrogens is 1. The average Bonchev–Trinajstić information content (AvgIpc) is 2.64. The van der Waals surface area contributed by atoms with E-state index in [0.717, 1.165) is 0 Å². The van der Waals surface area contributed by atoms with Crippen molar-refractivity contribution in [3.63, 3.8) is 0 Å². The van der Waals surface area contributed by atoms with E-state index in [-0.39, 0.29) is 12.2 Å². The number of rotatable bonds is 1. The summed E-state index contributed by atoms with van der Waals surface area (Å²) in [5, 5.41) is 8.48. The molecule has 15 heavy (non-hydrogen) atoms. The van der Waals surface area contributed by atoms with Gasteiger partial charge in [-0.3, -0.25) is 4.79 Å². The van der Waals surface area contributed by atoms with Crippen LogP contribution in [0.25, 0.3) is 11.2 Å². The van der Waals surface area contributed by atoms with E-state index in [9.17, 15) is 4.79 Å². The monoisotopic (exact) mass is 204 g/mol. The van der Waals surface area contributed by atoms with Crippen molar-refractivity contribution < 1.29 is 5.11 Å². The highest BCUT2D eigenvalue weighted by atomic mass is 16.2. The van der Waals surface area contributed by atoms with Crippen molar-refractivity contribution in [2.75, 3.05) is 6.61 Å². The van der Waals surface area contributed by atoms with Crippen LogP contribution < -0.4 is 5.56 Å². The Kier molecular flexibility index (Phi) is 2.48. The molecule has 0 atom stereocenters. The fourth-order valence-electron chi connectivity index (χ4n) is 1.20. The molecule has 0 saturated carbocycles. The van der Waals surface area contributed by atoms with Crippen molar-refractivity contribution in [1.29, 1.82) is 0 Å². The molecule has 0 saturated heterocycles. The average molecular weight is 204 g/mol. The Bertz CT molecular complexity index is 587. The van der Waals surface area contributed by atoms with Crippen molar-refractivity contribution in [3.8, 4) is 11.8 Å². The van der Waals surface area contributed by atoms with Gasteiger partial charge in [-0.1, -0.05) is 11.8 Å². The van der Waals surface area contributed by atoms with Gasteiger partial charge in [-0.25, -0.2) is 9.97 Å². The molecule has 2 N–H and O–H groups in total. The van der Waals surface area contributed by atoms with Gasteiger partial charge in [0, 0.05) is 0 Å². The van der Waals surface area contributed by atoms with Gasteiger partial charge in [0.05, 0.1) is 19.2 Å². The molecule has 0 aliphatic heterocycles. The van der Waals surface area contributed by atoms with Crippen LogP contribution in [0.1, 0.15) is 0 Å². The lowest BCUT2D eigenvalue weighted by Crippen LogP contribution is -2.07. The summed E-state index contributed by atoms with van der Waals surface area (Å²) < 4.78 is 1.65. The molecule has 6 nitrogen and oxygen atoms in total. The van der Waals surface area contributed by atoms with Gasteiger partial charge in [-0.15, -0.1) is 0 Å². The summed E-state index contributed by atoms with van der Waals surface area (Å²) in [6.45, 7) is 0.175. The summed E-state index contributed by atoms with van der Waals surface area (Å²) in [7, 11) is 0. The quantitative estimate of drug-likeness (QED) is 0.590. The van der Waals surface area contributed by atoms with Crippen molar-refractivity contribution in [2.45, 2.75) is 6.54 Å². The van der Waals surface area contributed by atoms with Gasteiger partial charge in [0.15, 0.2) is 11.2 Å². The maximum absolute atomic E-state index is 11.3. The molecule has 2 heterocycles. The van der Waals surface area contributed by atoms with Gasteiger partial charge in [-0.2, -0.15) is 0 Å². The zero-order valence-electron chi connectivity index (χ0n) is 7.77. The molecule has 0 aliphatic carbocycles. The number of imidazole rings is 1. The van der Waals surface area contributed by atoms with Crippen molar-refractivity contribution in [3.05, 3.63) is 23.0 Å². The van der Waals surface area contributed by atoms with Crippen LogP contribution in [0.3, 0.4) is 0 Å². The predicted molar refractivity (Wildman–Crippen MR) is 53.0 cm³/mol. The van der Waals surface area contributed by atoms with Crippen LogP contribution in [0, 0.1) is 11.8 Å². The first kappa shape index (κ1) is 9.43. The van der Waals surface area contributed by atoms with Crippen molar-refractivity contribution in [1.82, 2.24) is 19.5 Å². The van der Waals surface area contributed by atoms with E-state index in [1.807, 2.05) is 0 Å². The van der Waals surface area contributed by atoms with Crippen LogP contribution in [0.4, 0.5) is 0 Å². The van der Waals surface area contributed by atoms with Gasteiger partial charge in [0.25, 0.3) is 5.56 Å². The number of aliphatic hydroxyl groups is 1. The van der Waals surface area contributed by atoms with Crippen LogP contribution in [0.5, 0.6) is 0 Å². The minimum atomic E-state index is -0.270. The first-order valence-corrected chi connectivity index (χ1v) is 4.28. The second kappa shape index (κ2) is 3.94. The van der Waals surface area contributed by atoms with Crippen LogP contribution in [0.15, 0.2) is 17.4 Å². The molecule has 2 rings (SSSR count). The van der Waals surface area contributed by atoms with Crippen LogP contribution in [-0.2, 0) is 6.54 Å². The predicted octanol–water partition coefficient (Wildman–Crippen LogP) is -0.885. The summed E-state index contributed by atoms with van der Waals surface area (Å²) in [5.41, 5.74) is 0.517. The zero-order chi connectivity index (χ0) is 10.7. The summed E-state index contributed by atoms with van der Waals surface area (Å²) in [6.07, 6.45) is 2.82. The maximum Gasteiger partial charge on any atom is 0.278 e. The summed E-state index contributed by atoms with van der Waals surface area (Å²) in [5.74, 6) is 5.23. The van der Waals surface area contributed by atoms with E-state index in [1.165, 1.54) is 12.7 Å². The highest BCUT2D eigenvalue weighted by Gasteiger charge is 2.04. The molecule has 0 spiro atoms. The van der Waals surface area contributed by atoms with E-state index < -0.39 is 0 Å². The van der Waals surface area contributed by atoms with E-state index in [4.69, 9.17) is 5.11 Å². The van der Waals surface area contributed by atoms with Gasteiger partial charge in [0.1, 0.15) is 6.61 Å². The zero-order valence-corrected chi connectivity index (χ0v) is 7.77. The first-order valence-electron chi connectivity index (χ1n) is 4.28. The molecule has 0 fully saturated rings. The SMILES string of the molecule is O=c1[nH]cnc2c1ncn2CC#CCO. The first-order chi connectivity index (χ1) is 7.33. The number of hydrogen-bond donors (Lipinski definition) is 2. The van der Waals surface area contributed by atoms with Gasteiger partial charge in [0.2, 0.25) is 0 Å². The molecule has 2 aromatic rings. The van der Waals surface area contributed by atoms with Gasteiger partial charge < -0.3 is 14.7 Å². The third-order valence-corrected chi connectivity index (χ3v) is 1.86. The summed E-state index contributed by atoms with van der Waals surface area (Å²) >= 11 is 0. The maximum atomic E-state index is 11.3. The molecule has 0 aliphatic rings. The number of aromatic nitrogens is 4. The molecule has 76 valence electrons. The lowest BCUT2D eigenvalue weighted by molar-refractivity contribution is 0.350. The van der Waals surface area contributed by atoms with Crippen molar-refractivity contribution in [2.24, 2.45) is 0 Å². The molecule has 6 heteroatoms. The molecule has 0 amide bonds. The summed E-state index contributed by atoms with van der Waals surface area (Å²) in [6, 6.07) is 0. The third kappa shape index (κ3) is 1.73. The van der Waals surface area contributed by atoms with Crippen LogP contribution in [-0.4, -0.2) is 31.2 Å². The largest absolute Gasteiger partial charge is 0.384 e. The number of fused-ring (bicyclic) bond motifs is 1. The van der Waals surface area contributed by atoms with Gasteiger partial charge >= 0.3 is 0 Å². The molecule has 2 aromatic heterocycles. The number of aromatic amines is 1. The fourth-order valence-corrected chi connectivity index (χ4v) is 1.20. The molecule has 0 aromatic carbocycles. The summed E-state index contributed by atoms with van der Waals surface area (Å²) in [4.78, 5) is 21.6. The highest BCUT2D eigenvalue weighted by molar-refractivity contribution is 5.68. The third-order valence-electron chi connectivity index (χ3n) is 1.86. The minimum absolute atomic E-state index is 0.180.